The van der Waals surface area contributed by atoms with Crippen molar-refractivity contribution >= 4 is 33.3 Å². The third kappa shape index (κ3) is 2.29. The number of benzene rings is 1. The van der Waals surface area contributed by atoms with Gasteiger partial charge in [-0.15, -0.1) is 0 Å². The summed E-state index contributed by atoms with van der Waals surface area (Å²) in [6, 6.07) is 4.39. The van der Waals surface area contributed by atoms with Crippen molar-refractivity contribution in [1.29, 1.82) is 0 Å². The Kier molecular flexibility index (Phi) is 3.45. The van der Waals surface area contributed by atoms with E-state index in [-0.39, 0.29) is 10.8 Å². The quantitative estimate of drug-likeness (QED) is 0.748. The zero-order chi connectivity index (χ0) is 10.0. The molecule has 0 fully saturated rings. The van der Waals surface area contributed by atoms with Crippen molar-refractivity contribution in [2.24, 2.45) is 0 Å². The third-order valence-electron chi connectivity index (χ3n) is 1.61. The van der Waals surface area contributed by atoms with Gasteiger partial charge in [0.1, 0.15) is 11.6 Å². The molecule has 1 aromatic rings. The smallest absolute Gasteiger partial charge is 0.147 e. The number of alkyl halides is 1. The Hall–Kier alpha value is -0.410. The number of ketones is 1. The highest BCUT2D eigenvalue weighted by Crippen LogP contribution is 2.31. The summed E-state index contributed by atoms with van der Waals surface area (Å²) in [6.07, 6.45) is 0. The number of hydrogen-bond donors (Lipinski definition) is 0. The maximum absolute atomic E-state index is 12.9. The lowest BCUT2D eigenvalue weighted by Crippen LogP contribution is -2.02. The SMILES string of the molecule is CC(=O)C(Br)c1cccc(F)c1Cl. The first-order valence-corrected chi connectivity index (χ1v) is 4.92. The second kappa shape index (κ2) is 4.20. The molecule has 0 aliphatic rings. The van der Waals surface area contributed by atoms with Gasteiger partial charge in [-0.1, -0.05) is 39.7 Å². The molecule has 1 atom stereocenters. The lowest BCUT2D eigenvalue weighted by molar-refractivity contribution is -0.116. The van der Waals surface area contributed by atoms with Crippen LogP contribution in [0.15, 0.2) is 18.2 Å². The van der Waals surface area contributed by atoms with Gasteiger partial charge in [-0.2, -0.15) is 0 Å². The fourth-order valence-corrected chi connectivity index (χ4v) is 1.68. The molecule has 1 nitrogen and oxygen atoms in total. The summed E-state index contributed by atoms with van der Waals surface area (Å²) in [5.74, 6) is -0.614. The molecule has 0 N–H and O–H groups in total. The van der Waals surface area contributed by atoms with Gasteiger partial charge in [-0.3, -0.25) is 4.79 Å². The Morgan fingerprint density at radius 2 is 2.23 bits per heavy atom. The summed E-state index contributed by atoms with van der Waals surface area (Å²) in [7, 11) is 0. The van der Waals surface area contributed by atoms with Gasteiger partial charge in [-0.25, -0.2) is 4.39 Å². The van der Waals surface area contributed by atoms with E-state index in [2.05, 4.69) is 15.9 Å². The van der Waals surface area contributed by atoms with Crippen molar-refractivity contribution in [2.45, 2.75) is 11.8 Å². The Morgan fingerprint density at radius 3 is 2.77 bits per heavy atom. The van der Waals surface area contributed by atoms with E-state index >= 15 is 0 Å². The first kappa shape index (κ1) is 10.7. The molecule has 4 heteroatoms. The topological polar surface area (TPSA) is 17.1 Å². The van der Waals surface area contributed by atoms with Gasteiger partial charge < -0.3 is 0 Å². The summed E-state index contributed by atoms with van der Waals surface area (Å²) in [4.78, 5) is 10.4. The molecule has 13 heavy (non-hydrogen) atoms. The van der Waals surface area contributed by atoms with Crippen LogP contribution in [-0.4, -0.2) is 5.78 Å². The van der Waals surface area contributed by atoms with Crippen molar-refractivity contribution in [1.82, 2.24) is 0 Å². The summed E-state index contributed by atoms with van der Waals surface area (Å²) in [5.41, 5.74) is 0.467. The van der Waals surface area contributed by atoms with Gasteiger partial charge in [0.25, 0.3) is 0 Å². The van der Waals surface area contributed by atoms with Crippen LogP contribution < -0.4 is 0 Å². The fourth-order valence-electron chi connectivity index (χ4n) is 0.935. The lowest BCUT2D eigenvalue weighted by atomic mass is 10.1. The van der Waals surface area contributed by atoms with Crippen molar-refractivity contribution in [3.8, 4) is 0 Å². The predicted molar refractivity (Wildman–Crippen MR) is 53.8 cm³/mol. The van der Waals surface area contributed by atoms with Crippen molar-refractivity contribution in [3.63, 3.8) is 0 Å². The molecule has 0 radical (unpaired) electrons. The van der Waals surface area contributed by atoms with Crippen molar-refractivity contribution in [3.05, 3.63) is 34.6 Å². The number of Topliss-reactive ketones (excluding diaryl/α,β-unsaturated/α-hetero) is 1. The second-order valence-corrected chi connectivity index (χ2v) is 3.91. The van der Waals surface area contributed by atoms with Gasteiger partial charge in [0.2, 0.25) is 0 Å². The van der Waals surface area contributed by atoms with Crippen LogP contribution in [0.3, 0.4) is 0 Å². The van der Waals surface area contributed by atoms with Crippen LogP contribution in [0.1, 0.15) is 17.3 Å². The highest BCUT2D eigenvalue weighted by molar-refractivity contribution is 9.09. The minimum Gasteiger partial charge on any atom is -0.298 e. The highest BCUT2D eigenvalue weighted by Gasteiger charge is 2.17. The summed E-state index contributed by atoms with van der Waals surface area (Å²) in [5, 5.41) is -0.000394. The predicted octanol–water partition coefficient (Wildman–Crippen LogP) is 3.50. The summed E-state index contributed by atoms with van der Waals surface area (Å²) >= 11 is 8.81. The standard InChI is InChI=1S/C9H7BrClFO/c1-5(13)8(10)6-3-2-4-7(12)9(6)11/h2-4,8H,1H3. The normalized spacial score (nSPS) is 12.6. The minimum atomic E-state index is -0.532. The molecule has 1 unspecified atom stereocenters. The molecule has 0 aliphatic heterocycles. The molecular formula is C9H7BrClFO. The first-order valence-electron chi connectivity index (χ1n) is 3.62. The van der Waals surface area contributed by atoms with Crippen LogP contribution in [0.5, 0.6) is 0 Å². The molecule has 0 aliphatic carbocycles. The Morgan fingerprint density at radius 1 is 1.62 bits per heavy atom. The van der Waals surface area contributed by atoms with Crippen LogP contribution in [0.2, 0.25) is 5.02 Å². The first-order chi connectivity index (χ1) is 6.04. The van der Waals surface area contributed by atoms with Gasteiger partial charge in [0.05, 0.1) is 9.85 Å². The number of rotatable bonds is 2. The van der Waals surface area contributed by atoms with Crippen LogP contribution in [0.4, 0.5) is 4.39 Å². The van der Waals surface area contributed by atoms with E-state index in [0.29, 0.717) is 5.56 Å². The average molecular weight is 266 g/mol. The Labute approximate surface area is 89.0 Å². The zero-order valence-electron chi connectivity index (χ0n) is 6.85. The fraction of sp³-hybridized carbons (Fsp3) is 0.222. The van der Waals surface area contributed by atoms with E-state index in [9.17, 15) is 9.18 Å². The minimum absolute atomic E-state index is 0.000394. The maximum atomic E-state index is 12.9. The number of carbonyl (C=O) groups is 1. The molecule has 1 rings (SSSR count). The number of hydrogen-bond acceptors (Lipinski definition) is 1. The second-order valence-electron chi connectivity index (χ2n) is 2.62. The van der Waals surface area contributed by atoms with Gasteiger partial charge in [-0.05, 0) is 18.6 Å². The summed E-state index contributed by atoms with van der Waals surface area (Å²) in [6.45, 7) is 1.42. The van der Waals surface area contributed by atoms with E-state index in [1.165, 1.54) is 19.1 Å². The Bertz CT molecular complexity index is 340. The lowest BCUT2D eigenvalue weighted by Gasteiger charge is -2.08. The Balaban J connectivity index is 3.15. The molecular weight excluding hydrogens is 258 g/mol. The van der Waals surface area contributed by atoms with E-state index in [1.54, 1.807) is 6.07 Å². The van der Waals surface area contributed by atoms with Crippen LogP contribution in [0.25, 0.3) is 0 Å². The molecule has 0 saturated carbocycles. The monoisotopic (exact) mass is 264 g/mol. The van der Waals surface area contributed by atoms with Gasteiger partial charge in [0.15, 0.2) is 0 Å². The van der Waals surface area contributed by atoms with E-state index < -0.39 is 10.6 Å². The number of carbonyl (C=O) groups excluding carboxylic acids is 1. The molecule has 0 amide bonds. The molecule has 1 aromatic carbocycles. The van der Waals surface area contributed by atoms with Crippen LogP contribution >= 0.6 is 27.5 Å². The zero-order valence-corrected chi connectivity index (χ0v) is 9.19. The van der Waals surface area contributed by atoms with E-state index in [0.717, 1.165) is 0 Å². The third-order valence-corrected chi connectivity index (χ3v) is 3.15. The van der Waals surface area contributed by atoms with Gasteiger partial charge >= 0.3 is 0 Å². The van der Waals surface area contributed by atoms with Crippen LogP contribution in [0, 0.1) is 5.82 Å². The molecule has 0 bridgehead atoms. The van der Waals surface area contributed by atoms with E-state index in [4.69, 9.17) is 11.6 Å². The van der Waals surface area contributed by atoms with Crippen molar-refractivity contribution < 1.29 is 9.18 Å². The average Bonchev–Trinajstić information content (AvgIpc) is 2.08. The molecule has 0 aromatic heterocycles. The molecule has 0 heterocycles. The molecule has 70 valence electrons. The molecule has 0 saturated heterocycles. The highest BCUT2D eigenvalue weighted by atomic mass is 79.9. The number of halogens is 3. The molecule has 0 spiro atoms. The largest absolute Gasteiger partial charge is 0.298 e. The van der Waals surface area contributed by atoms with E-state index in [1.807, 2.05) is 0 Å². The summed E-state index contributed by atoms with van der Waals surface area (Å²) < 4.78 is 12.9. The van der Waals surface area contributed by atoms with Crippen LogP contribution in [-0.2, 0) is 4.79 Å². The van der Waals surface area contributed by atoms with Gasteiger partial charge in [0, 0.05) is 0 Å². The van der Waals surface area contributed by atoms with Crippen molar-refractivity contribution in [2.75, 3.05) is 0 Å². The maximum Gasteiger partial charge on any atom is 0.147 e.